The minimum atomic E-state index is -3.84. The predicted octanol–water partition coefficient (Wildman–Crippen LogP) is 4.05. The fraction of sp³-hybridized carbons (Fsp3) is 0.320. The number of nitrogens with zero attached hydrogens (tertiary/aromatic N) is 1. The summed E-state index contributed by atoms with van der Waals surface area (Å²) in [6, 6.07) is 16.4. The molecule has 0 aliphatic carbocycles. The van der Waals surface area contributed by atoms with Crippen LogP contribution in [0.3, 0.4) is 0 Å². The largest absolute Gasteiger partial charge is 0.495 e. The van der Waals surface area contributed by atoms with Gasteiger partial charge in [-0.05, 0) is 74.5 Å². The summed E-state index contributed by atoms with van der Waals surface area (Å²) < 4.78 is 38.9. The number of carbonyl (C=O) groups excluding carboxylic acids is 1. The molecule has 0 saturated carbocycles. The van der Waals surface area contributed by atoms with Crippen molar-refractivity contribution in [1.29, 1.82) is 0 Å². The number of anilines is 1. The van der Waals surface area contributed by atoms with E-state index in [0.29, 0.717) is 23.5 Å². The van der Waals surface area contributed by atoms with E-state index in [1.54, 1.807) is 30.5 Å². The average Bonchev–Trinajstić information content (AvgIpc) is 3.39. The van der Waals surface area contributed by atoms with E-state index in [1.165, 1.54) is 37.8 Å². The van der Waals surface area contributed by atoms with Crippen LogP contribution in [-0.4, -0.2) is 46.0 Å². The summed E-state index contributed by atoms with van der Waals surface area (Å²) in [7, 11) is -2.36. The van der Waals surface area contributed by atoms with Gasteiger partial charge in [0.25, 0.3) is 15.9 Å². The van der Waals surface area contributed by atoms with Crippen LogP contribution >= 0.6 is 0 Å². The number of amides is 1. The van der Waals surface area contributed by atoms with Gasteiger partial charge in [0, 0.05) is 12.1 Å². The Morgan fingerprint density at radius 1 is 1.03 bits per heavy atom. The highest BCUT2D eigenvalue weighted by atomic mass is 32.2. The van der Waals surface area contributed by atoms with Gasteiger partial charge in [-0.15, -0.1) is 0 Å². The minimum absolute atomic E-state index is 0.0380. The number of rotatable bonds is 9. The molecule has 2 heterocycles. The van der Waals surface area contributed by atoms with Crippen LogP contribution in [-0.2, 0) is 10.0 Å². The molecule has 1 aliphatic rings. The Hall–Kier alpha value is -3.30. The van der Waals surface area contributed by atoms with Gasteiger partial charge in [-0.25, -0.2) is 8.42 Å². The Morgan fingerprint density at radius 3 is 2.44 bits per heavy atom. The molecule has 0 bridgehead atoms. The van der Waals surface area contributed by atoms with Crippen LogP contribution in [0.25, 0.3) is 0 Å². The third-order valence-corrected chi connectivity index (χ3v) is 7.32. The summed E-state index contributed by atoms with van der Waals surface area (Å²) in [5.74, 6) is 0.975. The summed E-state index contributed by atoms with van der Waals surface area (Å²) in [4.78, 5) is 15.2. The van der Waals surface area contributed by atoms with E-state index in [-0.39, 0.29) is 16.8 Å². The quantitative estimate of drug-likeness (QED) is 0.476. The number of sulfonamides is 1. The first-order chi connectivity index (χ1) is 16.5. The summed E-state index contributed by atoms with van der Waals surface area (Å²) in [6.07, 6.45) is 5.12. The maximum absolute atomic E-state index is 12.8. The lowest BCUT2D eigenvalue weighted by atomic mass is 10.1. The Labute approximate surface area is 200 Å². The number of furan rings is 1. The Kier molecular flexibility index (Phi) is 7.54. The van der Waals surface area contributed by atoms with E-state index in [2.05, 4.69) is 14.9 Å². The van der Waals surface area contributed by atoms with Gasteiger partial charge in [0.2, 0.25) is 0 Å². The second-order valence-corrected chi connectivity index (χ2v) is 9.85. The summed E-state index contributed by atoms with van der Waals surface area (Å²) in [6.45, 7) is 2.34. The zero-order valence-electron chi connectivity index (χ0n) is 19.1. The molecule has 1 amide bonds. The van der Waals surface area contributed by atoms with Crippen molar-refractivity contribution in [3.63, 3.8) is 0 Å². The fourth-order valence-corrected chi connectivity index (χ4v) is 5.20. The van der Waals surface area contributed by atoms with Gasteiger partial charge in [0.1, 0.15) is 11.5 Å². The molecular formula is C25H29N3O5S. The SMILES string of the molecule is COc1ccccc1NS(=O)(=O)c1ccc(C(=O)NC[C@@H](c2ccco2)N2CCCCC2)cc1. The third kappa shape index (κ3) is 5.60. The molecule has 1 aromatic heterocycles. The van der Waals surface area contributed by atoms with Gasteiger partial charge in [-0.1, -0.05) is 18.6 Å². The topological polar surface area (TPSA) is 101 Å². The van der Waals surface area contributed by atoms with Gasteiger partial charge in [0.05, 0.1) is 30.0 Å². The highest BCUT2D eigenvalue weighted by Crippen LogP contribution is 2.27. The van der Waals surface area contributed by atoms with Crippen molar-refractivity contribution in [2.75, 3.05) is 31.5 Å². The highest BCUT2D eigenvalue weighted by Gasteiger charge is 2.25. The van der Waals surface area contributed by atoms with E-state index in [0.717, 1.165) is 31.7 Å². The van der Waals surface area contributed by atoms with E-state index >= 15 is 0 Å². The Balaban J connectivity index is 1.42. The number of methoxy groups -OCH3 is 1. The number of para-hydroxylation sites is 2. The zero-order valence-corrected chi connectivity index (χ0v) is 19.9. The van der Waals surface area contributed by atoms with Crippen LogP contribution in [0.15, 0.2) is 76.2 Å². The van der Waals surface area contributed by atoms with E-state index in [4.69, 9.17) is 9.15 Å². The first-order valence-corrected chi connectivity index (χ1v) is 12.8. The van der Waals surface area contributed by atoms with Crippen LogP contribution in [0.4, 0.5) is 5.69 Å². The summed E-state index contributed by atoms with van der Waals surface area (Å²) in [5.41, 5.74) is 0.724. The van der Waals surface area contributed by atoms with Crippen molar-refractivity contribution in [2.24, 2.45) is 0 Å². The monoisotopic (exact) mass is 483 g/mol. The van der Waals surface area contributed by atoms with Crippen LogP contribution in [0.1, 0.15) is 41.4 Å². The molecule has 34 heavy (non-hydrogen) atoms. The highest BCUT2D eigenvalue weighted by molar-refractivity contribution is 7.92. The first-order valence-electron chi connectivity index (χ1n) is 11.3. The Bertz CT molecular complexity index is 1190. The molecule has 2 N–H and O–H groups in total. The number of carbonyl (C=O) groups is 1. The van der Waals surface area contributed by atoms with E-state index in [1.807, 2.05) is 12.1 Å². The van der Waals surface area contributed by atoms with Crippen molar-refractivity contribution in [3.8, 4) is 5.75 Å². The van der Waals surface area contributed by atoms with Crippen LogP contribution in [0, 0.1) is 0 Å². The molecule has 0 unspecified atom stereocenters. The average molecular weight is 484 g/mol. The lowest BCUT2D eigenvalue weighted by Crippen LogP contribution is -2.40. The third-order valence-electron chi connectivity index (χ3n) is 5.94. The van der Waals surface area contributed by atoms with Gasteiger partial charge in [0.15, 0.2) is 0 Å². The Morgan fingerprint density at radius 2 is 1.76 bits per heavy atom. The molecule has 3 aromatic rings. The van der Waals surface area contributed by atoms with Gasteiger partial charge >= 0.3 is 0 Å². The number of hydrogen-bond acceptors (Lipinski definition) is 6. The van der Waals surface area contributed by atoms with Crippen LogP contribution < -0.4 is 14.8 Å². The lowest BCUT2D eigenvalue weighted by Gasteiger charge is -2.33. The maximum atomic E-state index is 12.8. The molecule has 4 rings (SSSR count). The second-order valence-electron chi connectivity index (χ2n) is 8.17. The molecule has 9 heteroatoms. The van der Waals surface area contributed by atoms with Crippen LogP contribution in [0.2, 0.25) is 0 Å². The number of ether oxygens (including phenoxy) is 1. The second kappa shape index (κ2) is 10.8. The van der Waals surface area contributed by atoms with Gasteiger partial charge < -0.3 is 14.5 Å². The lowest BCUT2D eigenvalue weighted by molar-refractivity contribution is 0.0914. The van der Waals surface area contributed by atoms with E-state index in [9.17, 15) is 13.2 Å². The van der Waals surface area contributed by atoms with Crippen molar-refractivity contribution < 1.29 is 22.4 Å². The van der Waals surface area contributed by atoms with Crippen molar-refractivity contribution in [3.05, 3.63) is 78.3 Å². The number of piperidine rings is 1. The van der Waals surface area contributed by atoms with Crippen molar-refractivity contribution in [2.45, 2.75) is 30.2 Å². The zero-order chi connectivity index (χ0) is 24.0. The maximum Gasteiger partial charge on any atom is 0.262 e. The number of nitrogens with one attached hydrogen (secondary N) is 2. The molecule has 0 spiro atoms. The van der Waals surface area contributed by atoms with Gasteiger partial charge in [-0.3, -0.25) is 14.4 Å². The fourth-order valence-electron chi connectivity index (χ4n) is 4.13. The minimum Gasteiger partial charge on any atom is -0.495 e. The molecule has 0 radical (unpaired) electrons. The molecule has 8 nitrogen and oxygen atoms in total. The first kappa shape index (κ1) is 23.8. The van der Waals surface area contributed by atoms with E-state index < -0.39 is 10.0 Å². The predicted molar refractivity (Wildman–Crippen MR) is 129 cm³/mol. The van der Waals surface area contributed by atoms with Crippen LogP contribution in [0.5, 0.6) is 5.75 Å². The van der Waals surface area contributed by atoms with Crippen molar-refractivity contribution >= 4 is 21.6 Å². The molecule has 1 fully saturated rings. The standard InChI is InChI=1S/C25H29N3O5S/c1-32-23-9-4-3-8-21(23)27-34(30,31)20-13-11-19(12-14-20)25(29)26-18-22(24-10-7-17-33-24)28-15-5-2-6-16-28/h3-4,7-14,17,22,27H,2,5-6,15-16,18H2,1H3,(H,26,29)/t22-/m0/s1. The smallest absolute Gasteiger partial charge is 0.262 e. The molecule has 180 valence electrons. The number of hydrogen-bond donors (Lipinski definition) is 2. The van der Waals surface area contributed by atoms with Gasteiger partial charge in [-0.2, -0.15) is 0 Å². The molecule has 2 aromatic carbocycles. The molecular weight excluding hydrogens is 454 g/mol. The molecule has 1 aliphatic heterocycles. The summed E-state index contributed by atoms with van der Waals surface area (Å²) in [5, 5.41) is 2.98. The molecule has 1 saturated heterocycles. The number of likely N-dealkylation sites (tertiary alicyclic amines) is 1. The molecule has 1 atom stereocenters. The number of benzene rings is 2. The van der Waals surface area contributed by atoms with Crippen molar-refractivity contribution in [1.82, 2.24) is 10.2 Å². The normalized spacial score (nSPS) is 15.4. The summed E-state index contributed by atoms with van der Waals surface area (Å²) >= 11 is 0.